The van der Waals surface area contributed by atoms with E-state index < -0.39 is 21.5 Å². The summed E-state index contributed by atoms with van der Waals surface area (Å²) in [7, 11) is -3.76. The number of sulfonamides is 1. The molecule has 3 aromatic carbocycles. The number of hydrogen-bond donors (Lipinski definition) is 0. The largest absolute Gasteiger partial charge is 0.264 e. The van der Waals surface area contributed by atoms with Gasteiger partial charge in [-0.25, -0.2) is 8.42 Å². The van der Waals surface area contributed by atoms with Crippen molar-refractivity contribution in [3.8, 4) is 0 Å². The predicted molar refractivity (Wildman–Crippen MR) is 114 cm³/mol. The van der Waals surface area contributed by atoms with Crippen LogP contribution in [0.3, 0.4) is 0 Å². The number of benzene rings is 3. The van der Waals surface area contributed by atoms with Gasteiger partial charge in [0.05, 0.1) is 16.6 Å². The molecule has 0 bridgehead atoms. The summed E-state index contributed by atoms with van der Waals surface area (Å²) in [6.45, 7) is 8.07. The molecule has 1 aliphatic heterocycles. The van der Waals surface area contributed by atoms with Crippen LogP contribution in [-0.4, -0.2) is 8.42 Å². The smallest absolute Gasteiger partial charge is 0.257 e. The lowest BCUT2D eigenvalue weighted by Gasteiger charge is -2.34. The van der Waals surface area contributed by atoms with Crippen LogP contribution in [0, 0.1) is 6.92 Å². The maximum Gasteiger partial charge on any atom is 0.264 e. The lowest BCUT2D eigenvalue weighted by Crippen LogP contribution is -2.38. The summed E-state index contributed by atoms with van der Waals surface area (Å²) in [5.74, 6) is 0. The molecule has 0 aliphatic carbocycles. The van der Waals surface area contributed by atoms with E-state index in [0.29, 0.717) is 10.6 Å². The van der Waals surface area contributed by atoms with E-state index in [0.717, 1.165) is 16.7 Å². The molecule has 3 aromatic rings. The van der Waals surface area contributed by atoms with Crippen LogP contribution in [0.5, 0.6) is 0 Å². The van der Waals surface area contributed by atoms with Crippen LogP contribution in [0.15, 0.2) is 96.4 Å². The highest BCUT2D eigenvalue weighted by molar-refractivity contribution is 7.92. The average molecular weight is 390 g/mol. The second-order valence-corrected chi connectivity index (χ2v) is 9.25. The van der Waals surface area contributed by atoms with Crippen molar-refractivity contribution in [3.05, 3.63) is 108 Å². The van der Waals surface area contributed by atoms with Gasteiger partial charge in [0, 0.05) is 5.41 Å². The van der Waals surface area contributed by atoms with E-state index in [1.807, 2.05) is 79.7 Å². The van der Waals surface area contributed by atoms with Crippen molar-refractivity contribution in [1.29, 1.82) is 0 Å². The van der Waals surface area contributed by atoms with Crippen molar-refractivity contribution in [2.24, 2.45) is 0 Å². The second kappa shape index (κ2) is 6.64. The van der Waals surface area contributed by atoms with Crippen LogP contribution < -0.4 is 4.31 Å². The minimum atomic E-state index is -3.76. The first-order chi connectivity index (χ1) is 13.4. The van der Waals surface area contributed by atoms with Gasteiger partial charge in [0.2, 0.25) is 0 Å². The van der Waals surface area contributed by atoms with Crippen molar-refractivity contribution in [2.75, 3.05) is 4.31 Å². The molecule has 0 amide bonds. The highest BCUT2D eigenvalue weighted by Gasteiger charge is 2.51. The first-order valence-corrected chi connectivity index (χ1v) is 10.7. The maximum atomic E-state index is 13.8. The van der Waals surface area contributed by atoms with E-state index in [4.69, 9.17) is 0 Å². The summed E-state index contributed by atoms with van der Waals surface area (Å²) in [6.07, 6.45) is 1.87. The van der Waals surface area contributed by atoms with Crippen LogP contribution >= 0.6 is 0 Å². The number of aryl methyl sites for hydroxylation is 1. The first-order valence-electron chi connectivity index (χ1n) is 9.29. The number of anilines is 1. The summed E-state index contributed by atoms with van der Waals surface area (Å²) in [5.41, 5.74) is 3.09. The van der Waals surface area contributed by atoms with Gasteiger partial charge >= 0.3 is 0 Å². The SMILES string of the molecule is C=C[C@@]1(C)c2ccccc2N(S(=O)(=O)c2ccc(C)cc2)[C@H]1c1ccccc1. The van der Waals surface area contributed by atoms with Gasteiger partial charge in [-0.15, -0.1) is 6.58 Å². The Bertz CT molecular complexity index is 1120. The first kappa shape index (κ1) is 18.5. The quantitative estimate of drug-likeness (QED) is 0.561. The number of nitrogens with zero attached hydrogens (tertiary/aromatic N) is 1. The summed E-state index contributed by atoms with van der Waals surface area (Å²) >= 11 is 0. The van der Waals surface area contributed by atoms with E-state index in [2.05, 4.69) is 13.5 Å². The van der Waals surface area contributed by atoms with Gasteiger partial charge < -0.3 is 0 Å². The van der Waals surface area contributed by atoms with E-state index in [1.54, 1.807) is 16.4 Å². The van der Waals surface area contributed by atoms with Crippen molar-refractivity contribution in [1.82, 2.24) is 0 Å². The topological polar surface area (TPSA) is 37.4 Å². The Morgan fingerprint density at radius 1 is 0.929 bits per heavy atom. The van der Waals surface area contributed by atoms with Gasteiger partial charge in [0.15, 0.2) is 0 Å². The van der Waals surface area contributed by atoms with Gasteiger partial charge in [0.25, 0.3) is 10.0 Å². The lowest BCUT2D eigenvalue weighted by atomic mass is 9.76. The molecule has 4 heteroatoms. The normalized spacial score (nSPS) is 21.4. The van der Waals surface area contributed by atoms with Crippen molar-refractivity contribution in [2.45, 2.75) is 30.2 Å². The minimum absolute atomic E-state index is 0.294. The maximum absolute atomic E-state index is 13.8. The highest BCUT2D eigenvalue weighted by Crippen LogP contribution is 2.55. The molecular formula is C24H23NO2S. The van der Waals surface area contributed by atoms with E-state index in [9.17, 15) is 8.42 Å². The third-order valence-corrected chi connectivity index (χ3v) is 7.43. The Labute approximate surface area is 167 Å². The Morgan fingerprint density at radius 3 is 2.18 bits per heavy atom. The molecular weight excluding hydrogens is 366 g/mol. The molecule has 0 N–H and O–H groups in total. The third-order valence-electron chi connectivity index (χ3n) is 5.64. The van der Waals surface area contributed by atoms with Crippen molar-refractivity contribution >= 4 is 15.7 Å². The van der Waals surface area contributed by atoms with Crippen molar-refractivity contribution < 1.29 is 8.42 Å². The molecule has 2 atom stereocenters. The molecule has 0 aromatic heterocycles. The van der Waals surface area contributed by atoms with Crippen LogP contribution in [0.1, 0.15) is 29.7 Å². The fraction of sp³-hybridized carbons (Fsp3) is 0.167. The number of hydrogen-bond acceptors (Lipinski definition) is 2. The highest BCUT2D eigenvalue weighted by atomic mass is 32.2. The lowest BCUT2D eigenvalue weighted by molar-refractivity contribution is 0.500. The Kier molecular flexibility index (Phi) is 4.39. The monoisotopic (exact) mass is 389 g/mol. The minimum Gasteiger partial charge on any atom is -0.257 e. The molecule has 0 fully saturated rings. The average Bonchev–Trinajstić information content (AvgIpc) is 2.99. The van der Waals surface area contributed by atoms with Gasteiger partial charge in [-0.05, 0) is 43.2 Å². The Morgan fingerprint density at radius 2 is 1.54 bits per heavy atom. The fourth-order valence-electron chi connectivity index (χ4n) is 4.08. The summed E-state index contributed by atoms with van der Waals surface area (Å²) in [5, 5.41) is 0. The molecule has 0 unspecified atom stereocenters. The van der Waals surface area contributed by atoms with E-state index in [1.165, 1.54) is 0 Å². The van der Waals surface area contributed by atoms with E-state index in [-0.39, 0.29) is 0 Å². The molecule has 1 aliphatic rings. The zero-order valence-corrected chi connectivity index (χ0v) is 16.9. The molecule has 1 heterocycles. The van der Waals surface area contributed by atoms with Crippen LogP contribution in [0.25, 0.3) is 0 Å². The summed E-state index contributed by atoms with van der Waals surface area (Å²) < 4.78 is 29.1. The Hall–Kier alpha value is -2.85. The zero-order chi connectivity index (χ0) is 19.9. The third kappa shape index (κ3) is 2.68. The molecule has 142 valence electrons. The molecule has 0 radical (unpaired) electrons. The molecule has 4 rings (SSSR count). The molecule has 0 saturated heterocycles. The number of para-hydroxylation sites is 1. The van der Waals surface area contributed by atoms with Gasteiger partial charge in [0.1, 0.15) is 0 Å². The predicted octanol–water partition coefficient (Wildman–Crippen LogP) is 5.39. The molecule has 3 nitrogen and oxygen atoms in total. The number of rotatable bonds is 4. The second-order valence-electron chi connectivity index (χ2n) is 7.43. The number of fused-ring (bicyclic) bond motifs is 1. The summed E-state index contributed by atoms with van der Waals surface area (Å²) in [6, 6.07) is 24.1. The van der Waals surface area contributed by atoms with Crippen molar-refractivity contribution in [3.63, 3.8) is 0 Å². The summed E-state index contributed by atoms with van der Waals surface area (Å²) in [4.78, 5) is 0.294. The van der Waals surface area contributed by atoms with Gasteiger partial charge in [-0.1, -0.05) is 72.3 Å². The van der Waals surface area contributed by atoms with Crippen LogP contribution in [0.2, 0.25) is 0 Å². The molecule has 0 spiro atoms. The van der Waals surface area contributed by atoms with Crippen LogP contribution in [-0.2, 0) is 15.4 Å². The zero-order valence-electron chi connectivity index (χ0n) is 16.0. The molecule has 0 saturated carbocycles. The standard InChI is InChI=1S/C24H23NO2S/c1-4-24(3)21-12-8-9-13-22(21)25(23(24)19-10-6-5-7-11-19)28(26,27)20-16-14-18(2)15-17-20/h4-17,23H,1H2,2-3H3/t23-,24-/m0/s1. The Balaban J connectivity index is 2.00. The van der Waals surface area contributed by atoms with Gasteiger partial charge in [-0.2, -0.15) is 0 Å². The van der Waals surface area contributed by atoms with Crippen LogP contribution in [0.4, 0.5) is 5.69 Å². The molecule has 28 heavy (non-hydrogen) atoms. The fourth-order valence-corrected chi connectivity index (χ4v) is 5.83. The van der Waals surface area contributed by atoms with E-state index >= 15 is 0 Å². The van der Waals surface area contributed by atoms with Gasteiger partial charge in [-0.3, -0.25) is 4.31 Å².